The minimum absolute atomic E-state index is 0.223. The average molecular weight is 1240 g/mol. The summed E-state index contributed by atoms with van der Waals surface area (Å²) in [5.74, 6) is -0.295. The van der Waals surface area contributed by atoms with Gasteiger partial charge in [-0.25, -0.2) is 0 Å². The third kappa shape index (κ3) is 32.2. The molecule has 19 heteroatoms. The highest BCUT2D eigenvalue weighted by Gasteiger charge is 2.53. The molecular formula is C68H117NO18. The number of unbranched alkanes of at least 4 members (excludes halogenated alkanes) is 21. The molecule has 17 unspecified atom stereocenters. The van der Waals surface area contributed by atoms with Crippen LogP contribution in [0, 0.1) is 0 Å². The molecule has 0 saturated carbocycles. The van der Waals surface area contributed by atoms with Crippen LogP contribution in [0.5, 0.6) is 0 Å². The second kappa shape index (κ2) is 49.6. The molecule has 3 aliphatic heterocycles. The van der Waals surface area contributed by atoms with Gasteiger partial charge in [0.05, 0.1) is 38.6 Å². The molecule has 0 aliphatic carbocycles. The van der Waals surface area contributed by atoms with Crippen LogP contribution in [0.1, 0.15) is 206 Å². The molecule has 17 atom stereocenters. The summed E-state index contributed by atoms with van der Waals surface area (Å²) < 4.78 is 34.3. The fourth-order valence-corrected chi connectivity index (χ4v) is 10.8. The third-order valence-corrected chi connectivity index (χ3v) is 16.2. The number of aliphatic hydroxyl groups is 11. The molecule has 12 N–H and O–H groups in total. The molecule has 87 heavy (non-hydrogen) atoms. The molecule has 0 aromatic rings. The van der Waals surface area contributed by atoms with E-state index < -0.39 is 124 Å². The van der Waals surface area contributed by atoms with Gasteiger partial charge in [-0.2, -0.15) is 0 Å². The van der Waals surface area contributed by atoms with Crippen molar-refractivity contribution in [1.82, 2.24) is 5.32 Å². The highest BCUT2D eigenvalue weighted by Crippen LogP contribution is 2.33. The Hall–Kier alpha value is -3.03. The maximum atomic E-state index is 13.4. The van der Waals surface area contributed by atoms with Crippen LogP contribution < -0.4 is 5.32 Å². The Labute approximate surface area is 520 Å². The van der Waals surface area contributed by atoms with Crippen molar-refractivity contribution in [1.29, 1.82) is 0 Å². The second-order valence-corrected chi connectivity index (χ2v) is 23.5. The SMILES string of the molecule is CC/C=C\C/C=C\C/C=C\C/C=C\C/C=C\CCCCCCCCCCCC(=O)NC(COC1OC(CO)C(OC2OC(CO)C(OC3OC(CO)C(O)C(O)C3O)C(O)C2O)C(O)C1O)C(O)/C=C/CC/C=C/CCCCCCCCCCCCC. The number of hydrogen-bond acceptors (Lipinski definition) is 18. The van der Waals surface area contributed by atoms with Crippen molar-refractivity contribution in [2.45, 2.75) is 311 Å². The summed E-state index contributed by atoms with van der Waals surface area (Å²) in [6.45, 7) is 1.58. The van der Waals surface area contributed by atoms with E-state index in [-0.39, 0.29) is 18.9 Å². The number of aliphatic hydroxyl groups excluding tert-OH is 11. The van der Waals surface area contributed by atoms with Crippen molar-refractivity contribution in [2.75, 3.05) is 26.4 Å². The van der Waals surface area contributed by atoms with Crippen molar-refractivity contribution in [3.8, 4) is 0 Å². The van der Waals surface area contributed by atoms with E-state index in [2.05, 4.69) is 92.1 Å². The molecule has 3 rings (SSSR count). The maximum absolute atomic E-state index is 13.4. The number of carbonyl (C=O) groups excluding carboxylic acids is 1. The number of allylic oxidation sites excluding steroid dienone is 13. The number of nitrogens with one attached hydrogen (secondary N) is 1. The third-order valence-electron chi connectivity index (χ3n) is 16.2. The first-order valence-electron chi connectivity index (χ1n) is 33.3. The first-order chi connectivity index (χ1) is 42.3. The van der Waals surface area contributed by atoms with Crippen LogP contribution in [0.15, 0.2) is 85.1 Å². The molecule has 3 saturated heterocycles. The molecule has 1 amide bonds. The molecule has 0 aromatic heterocycles. The smallest absolute Gasteiger partial charge is 0.220 e. The van der Waals surface area contributed by atoms with Gasteiger partial charge in [-0.3, -0.25) is 4.79 Å². The lowest BCUT2D eigenvalue weighted by molar-refractivity contribution is -0.379. The molecule has 3 aliphatic rings. The van der Waals surface area contributed by atoms with Gasteiger partial charge in [-0.15, -0.1) is 0 Å². The van der Waals surface area contributed by atoms with Gasteiger partial charge in [-0.1, -0.05) is 208 Å². The van der Waals surface area contributed by atoms with Crippen LogP contribution >= 0.6 is 0 Å². The van der Waals surface area contributed by atoms with Crippen LogP contribution in [0.3, 0.4) is 0 Å². The van der Waals surface area contributed by atoms with Crippen LogP contribution in [0.4, 0.5) is 0 Å². The summed E-state index contributed by atoms with van der Waals surface area (Å²) in [6, 6.07) is -0.998. The first kappa shape index (κ1) is 78.2. The predicted octanol–water partition coefficient (Wildman–Crippen LogP) is 7.93. The van der Waals surface area contributed by atoms with Gasteiger partial charge in [0.15, 0.2) is 18.9 Å². The topological polar surface area (TPSA) is 307 Å². The average Bonchev–Trinajstić information content (AvgIpc) is 1.15. The maximum Gasteiger partial charge on any atom is 0.220 e. The summed E-state index contributed by atoms with van der Waals surface area (Å²) in [5.41, 5.74) is 0. The van der Waals surface area contributed by atoms with E-state index in [1.165, 1.54) is 89.9 Å². The minimum Gasteiger partial charge on any atom is -0.394 e. The van der Waals surface area contributed by atoms with Crippen molar-refractivity contribution in [3.05, 3.63) is 85.1 Å². The van der Waals surface area contributed by atoms with Crippen molar-refractivity contribution in [3.63, 3.8) is 0 Å². The van der Waals surface area contributed by atoms with Crippen LogP contribution in [0.2, 0.25) is 0 Å². The molecule has 19 nitrogen and oxygen atoms in total. The number of amides is 1. The van der Waals surface area contributed by atoms with Gasteiger partial charge in [0.1, 0.15) is 73.2 Å². The van der Waals surface area contributed by atoms with Gasteiger partial charge in [0.2, 0.25) is 5.91 Å². The molecule has 0 spiro atoms. The Bertz CT molecular complexity index is 1910. The normalized spacial score (nSPS) is 29.1. The van der Waals surface area contributed by atoms with E-state index in [1.54, 1.807) is 6.08 Å². The Balaban J connectivity index is 1.46. The fourth-order valence-electron chi connectivity index (χ4n) is 10.8. The lowest BCUT2D eigenvalue weighted by Gasteiger charge is -2.48. The highest BCUT2D eigenvalue weighted by atomic mass is 16.8. The summed E-state index contributed by atoms with van der Waals surface area (Å²) in [4.78, 5) is 13.4. The van der Waals surface area contributed by atoms with Crippen molar-refractivity contribution in [2.24, 2.45) is 0 Å². The van der Waals surface area contributed by atoms with Crippen LogP contribution in [-0.2, 0) is 33.2 Å². The summed E-state index contributed by atoms with van der Waals surface area (Å²) in [7, 11) is 0. The van der Waals surface area contributed by atoms with E-state index in [1.807, 2.05) is 6.08 Å². The molecule has 0 aromatic carbocycles. The van der Waals surface area contributed by atoms with E-state index in [0.29, 0.717) is 12.8 Å². The monoisotopic (exact) mass is 1240 g/mol. The Morgan fingerprint density at radius 2 is 0.805 bits per heavy atom. The van der Waals surface area contributed by atoms with Gasteiger partial charge >= 0.3 is 0 Å². The largest absolute Gasteiger partial charge is 0.394 e. The zero-order chi connectivity index (χ0) is 63.3. The van der Waals surface area contributed by atoms with Gasteiger partial charge < -0.3 is 89.9 Å². The van der Waals surface area contributed by atoms with E-state index >= 15 is 0 Å². The second-order valence-electron chi connectivity index (χ2n) is 23.5. The molecule has 3 heterocycles. The zero-order valence-electron chi connectivity index (χ0n) is 52.7. The van der Waals surface area contributed by atoms with Gasteiger partial charge in [0, 0.05) is 6.42 Å². The van der Waals surface area contributed by atoms with Gasteiger partial charge in [-0.05, 0) is 77.0 Å². The lowest BCUT2D eigenvalue weighted by Crippen LogP contribution is -2.66. The van der Waals surface area contributed by atoms with Crippen LogP contribution in [0.25, 0.3) is 0 Å². The van der Waals surface area contributed by atoms with E-state index in [4.69, 9.17) is 28.4 Å². The molecule has 0 radical (unpaired) electrons. The molecule has 502 valence electrons. The fraction of sp³-hybridized carbons (Fsp3) is 0.779. The Kier molecular flexibility index (Phi) is 44.6. The van der Waals surface area contributed by atoms with Crippen LogP contribution in [-0.4, -0.2) is 193 Å². The summed E-state index contributed by atoms with van der Waals surface area (Å²) >= 11 is 0. The lowest BCUT2D eigenvalue weighted by atomic mass is 9.96. The van der Waals surface area contributed by atoms with Crippen molar-refractivity contribution >= 4 is 5.91 Å². The summed E-state index contributed by atoms with van der Waals surface area (Å²) in [6.07, 6.45) is 35.5. The molecule has 0 bridgehead atoms. The standard InChI is InChI=1S/C68H117NO18/c1-3-5-7-9-11-13-15-17-19-21-22-23-24-25-26-27-28-30-32-34-36-38-40-42-44-46-56(74)69-51(52(73)45-43-41-39-37-35-33-31-29-20-18-16-14-12-10-8-6-4-2)50-82-66-62(80)59(77)64(54(48-71)84-66)87-68-63(81)60(78)65(55(49-72)85-68)86-67-61(79)58(76)57(75)53(47-70)83-67/h5,7,11,13,17,19,22-23,25-26,35,37,43,45,51-55,57-68,70-73,75-81H,3-4,6,8-10,12,14-16,18,20-21,24,27-34,36,38-42,44,46-50H2,1-2H3,(H,69,74)/b7-5-,13-11-,19-17-,23-22-,26-25-,37-35+,45-43+. The summed E-state index contributed by atoms with van der Waals surface area (Å²) in [5, 5.41) is 120. The number of ether oxygens (including phenoxy) is 6. The Morgan fingerprint density at radius 1 is 0.425 bits per heavy atom. The Morgan fingerprint density at radius 3 is 1.29 bits per heavy atom. The first-order valence-corrected chi connectivity index (χ1v) is 33.3. The van der Waals surface area contributed by atoms with Gasteiger partial charge in [0.25, 0.3) is 0 Å². The van der Waals surface area contributed by atoms with Crippen molar-refractivity contribution < 1.29 is 89.4 Å². The quantitative estimate of drug-likeness (QED) is 0.0203. The molecule has 3 fully saturated rings. The highest BCUT2D eigenvalue weighted by molar-refractivity contribution is 5.76. The minimum atomic E-state index is -1.98. The predicted molar refractivity (Wildman–Crippen MR) is 337 cm³/mol. The van der Waals surface area contributed by atoms with E-state index in [0.717, 1.165) is 83.5 Å². The zero-order valence-corrected chi connectivity index (χ0v) is 52.7. The number of rotatable bonds is 49. The molecular weight excluding hydrogens is 1120 g/mol. The van der Waals surface area contributed by atoms with E-state index in [9.17, 15) is 61.0 Å². The number of hydrogen-bond donors (Lipinski definition) is 12. The number of carbonyl (C=O) groups is 1.